The van der Waals surface area contributed by atoms with Crippen LogP contribution in [-0.2, 0) is 0 Å². The standard InChI is InChI=1S/C18H14Br8/c19-15(20)3-11(15)7-1-8(12-4-16(12,21)22)10(14-6-18(14,25)26)2-9(7)13-5-17(13,23)24/h1-2,11-14H,3-6H2/t11-,12+,13+,14-. The van der Waals surface area contributed by atoms with E-state index in [1.807, 2.05) is 0 Å². The molecular weight excluding hydrogens is 855 g/mol. The predicted octanol–water partition coefficient (Wildman–Crippen LogP) is 9.58. The van der Waals surface area contributed by atoms with Crippen LogP contribution in [0.2, 0.25) is 0 Å². The molecule has 0 saturated heterocycles. The maximum Gasteiger partial charge on any atom is 0.0881 e. The van der Waals surface area contributed by atoms with Crippen LogP contribution in [0.4, 0.5) is 0 Å². The molecular formula is C18H14Br8. The molecule has 0 unspecified atom stereocenters. The van der Waals surface area contributed by atoms with E-state index >= 15 is 0 Å². The maximum absolute atomic E-state index is 3.86. The highest BCUT2D eigenvalue weighted by Gasteiger charge is 2.60. The zero-order valence-electron chi connectivity index (χ0n) is 13.3. The zero-order chi connectivity index (χ0) is 18.9. The minimum absolute atomic E-state index is 0.0708. The van der Waals surface area contributed by atoms with Gasteiger partial charge in [-0.25, -0.2) is 0 Å². The van der Waals surface area contributed by atoms with Crippen molar-refractivity contribution in [3.63, 3.8) is 0 Å². The van der Waals surface area contributed by atoms with E-state index in [1.165, 1.54) is 22.3 Å². The van der Waals surface area contributed by atoms with Gasteiger partial charge in [-0.1, -0.05) is 140 Å². The molecule has 0 spiro atoms. The van der Waals surface area contributed by atoms with E-state index in [0.717, 1.165) is 25.7 Å². The summed E-state index contributed by atoms with van der Waals surface area (Å²) in [5, 5.41) is 0. The molecule has 4 atom stereocenters. The Morgan fingerprint density at radius 1 is 0.462 bits per heavy atom. The zero-order valence-corrected chi connectivity index (χ0v) is 26.0. The van der Waals surface area contributed by atoms with Crippen LogP contribution in [0.15, 0.2) is 12.1 Å². The first-order valence-corrected chi connectivity index (χ1v) is 14.9. The van der Waals surface area contributed by atoms with Crippen LogP contribution in [0, 0.1) is 0 Å². The van der Waals surface area contributed by atoms with Crippen molar-refractivity contribution in [2.75, 3.05) is 0 Å². The van der Waals surface area contributed by atoms with E-state index in [1.54, 1.807) is 0 Å². The summed E-state index contributed by atoms with van der Waals surface area (Å²) in [7, 11) is 0. The van der Waals surface area contributed by atoms with E-state index in [-0.39, 0.29) is 12.9 Å². The van der Waals surface area contributed by atoms with Crippen LogP contribution in [-0.4, -0.2) is 12.9 Å². The van der Waals surface area contributed by atoms with Gasteiger partial charge in [-0.2, -0.15) is 0 Å². The lowest BCUT2D eigenvalue weighted by molar-refractivity contribution is 0.952. The minimum Gasteiger partial charge on any atom is -0.0720 e. The Balaban J connectivity index is 1.64. The fourth-order valence-electron chi connectivity index (χ4n) is 4.08. The monoisotopic (exact) mass is 861 g/mol. The van der Waals surface area contributed by atoms with Gasteiger partial charge >= 0.3 is 0 Å². The summed E-state index contributed by atoms with van der Waals surface area (Å²) >= 11 is 30.9. The van der Waals surface area contributed by atoms with Crippen molar-refractivity contribution in [3.8, 4) is 0 Å². The normalized spacial score (nSPS) is 39.4. The molecule has 0 bridgehead atoms. The molecule has 1 aromatic carbocycles. The van der Waals surface area contributed by atoms with Gasteiger partial charge in [-0.05, 0) is 47.9 Å². The third-order valence-corrected chi connectivity index (χ3v) is 13.1. The molecule has 5 rings (SSSR count). The number of benzene rings is 1. The first-order valence-electron chi connectivity index (χ1n) is 8.52. The summed E-state index contributed by atoms with van der Waals surface area (Å²) in [6, 6.07) is 5.05. The van der Waals surface area contributed by atoms with E-state index in [4.69, 9.17) is 0 Å². The molecule has 0 N–H and O–H groups in total. The Labute approximate surface area is 221 Å². The summed E-state index contributed by atoms with van der Waals surface area (Å²) in [6.07, 6.45) is 4.58. The first-order chi connectivity index (χ1) is 11.8. The molecule has 26 heavy (non-hydrogen) atoms. The molecule has 1 aromatic rings. The summed E-state index contributed by atoms with van der Waals surface area (Å²) in [5.74, 6) is 2.16. The molecule has 4 fully saturated rings. The van der Waals surface area contributed by atoms with Crippen molar-refractivity contribution in [1.82, 2.24) is 0 Å². The van der Waals surface area contributed by atoms with E-state index in [2.05, 4.69) is 140 Å². The van der Waals surface area contributed by atoms with Gasteiger partial charge in [0.25, 0.3) is 0 Å². The molecule has 0 amide bonds. The second kappa shape index (κ2) is 6.31. The van der Waals surface area contributed by atoms with Crippen molar-refractivity contribution in [2.24, 2.45) is 0 Å². The average molecular weight is 870 g/mol. The molecule has 0 nitrogen and oxygen atoms in total. The van der Waals surface area contributed by atoms with Gasteiger partial charge in [0, 0.05) is 23.7 Å². The van der Waals surface area contributed by atoms with Gasteiger partial charge in [0.2, 0.25) is 0 Å². The van der Waals surface area contributed by atoms with Crippen molar-refractivity contribution in [1.29, 1.82) is 0 Å². The molecule has 4 aliphatic carbocycles. The number of halogens is 8. The smallest absolute Gasteiger partial charge is 0.0720 e. The van der Waals surface area contributed by atoms with Crippen LogP contribution in [0.3, 0.4) is 0 Å². The summed E-state index contributed by atoms with van der Waals surface area (Å²) in [6.45, 7) is 0. The number of hydrogen-bond donors (Lipinski definition) is 0. The summed E-state index contributed by atoms with van der Waals surface area (Å²) in [5.41, 5.74) is 6.06. The third kappa shape index (κ3) is 3.64. The molecule has 0 heterocycles. The number of rotatable bonds is 4. The first kappa shape index (κ1) is 20.9. The van der Waals surface area contributed by atoms with E-state index < -0.39 is 0 Å². The molecule has 4 saturated carbocycles. The van der Waals surface area contributed by atoms with Crippen LogP contribution >= 0.6 is 127 Å². The Hall–Kier alpha value is 3.06. The predicted molar refractivity (Wildman–Crippen MR) is 138 cm³/mol. The fraction of sp³-hybridized carbons (Fsp3) is 0.667. The quantitative estimate of drug-likeness (QED) is 0.265. The van der Waals surface area contributed by atoms with Crippen LogP contribution in [0.1, 0.15) is 71.6 Å². The van der Waals surface area contributed by atoms with E-state index in [9.17, 15) is 0 Å². The molecule has 142 valence electrons. The van der Waals surface area contributed by atoms with Crippen molar-refractivity contribution < 1.29 is 0 Å². The van der Waals surface area contributed by atoms with Crippen LogP contribution in [0.25, 0.3) is 0 Å². The Kier molecular flexibility index (Phi) is 5.08. The van der Waals surface area contributed by atoms with Crippen molar-refractivity contribution in [2.45, 2.75) is 62.3 Å². The average Bonchev–Trinajstić information content (AvgIpc) is 3.43. The molecule has 8 heteroatoms. The third-order valence-electron chi connectivity index (χ3n) is 6.09. The van der Waals surface area contributed by atoms with Crippen LogP contribution in [0.5, 0.6) is 0 Å². The lowest BCUT2D eigenvalue weighted by Gasteiger charge is -2.19. The lowest BCUT2D eigenvalue weighted by atomic mass is 9.89. The molecule has 4 aliphatic rings. The van der Waals surface area contributed by atoms with Gasteiger partial charge in [0.15, 0.2) is 0 Å². The fourth-order valence-corrected chi connectivity index (χ4v) is 8.64. The second-order valence-electron chi connectivity index (χ2n) is 8.18. The summed E-state index contributed by atoms with van der Waals surface area (Å²) < 4.78 is 0.283. The number of hydrogen-bond acceptors (Lipinski definition) is 0. The highest BCUT2D eigenvalue weighted by atomic mass is 79.9. The van der Waals surface area contributed by atoms with Gasteiger partial charge in [0.05, 0.1) is 12.9 Å². The van der Waals surface area contributed by atoms with Gasteiger partial charge in [-0.15, -0.1) is 0 Å². The van der Waals surface area contributed by atoms with Crippen LogP contribution < -0.4 is 0 Å². The largest absolute Gasteiger partial charge is 0.0881 e. The van der Waals surface area contributed by atoms with E-state index in [0.29, 0.717) is 23.7 Å². The Bertz CT molecular complexity index is 681. The lowest BCUT2D eigenvalue weighted by Crippen LogP contribution is -2.05. The van der Waals surface area contributed by atoms with Gasteiger partial charge in [-0.3, -0.25) is 0 Å². The Morgan fingerprint density at radius 2 is 0.615 bits per heavy atom. The SMILES string of the molecule is BrC1(Br)C[C@@H]1c1cc([C@@H]2CC2(Br)Br)c([C@H]2CC2(Br)Br)cc1[C@@H]1CC1(Br)Br. The highest BCUT2D eigenvalue weighted by Crippen LogP contribution is 2.71. The minimum atomic E-state index is 0.0708. The Morgan fingerprint density at radius 3 is 0.731 bits per heavy atom. The highest BCUT2D eigenvalue weighted by molar-refractivity contribution is 9.26. The maximum atomic E-state index is 3.86. The summed E-state index contributed by atoms with van der Waals surface area (Å²) in [4.78, 5) is 0. The van der Waals surface area contributed by atoms with Gasteiger partial charge < -0.3 is 0 Å². The van der Waals surface area contributed by atoms with Crippen molar-refractivity contribution >= 4 is 127 Å². The molecule has 0 aromatic heterocycles. The molecule has 0 aliphatic heterocycles. The topological polar surface area (TPSA) is 0 Å². The van der Waals surface area contributed by atoms with Crippen molar-refractivity contribution in [3.05, 3.63) is 34.4 Å². The number of alkyl halides is 8. The van der Waals surface area contributed by atoms with Gasteiger partial charge in [0.1, 0.15) is 0 Å². The second-order valence-corrected chi connectivity index (χ2v) is 23.8. The molecule has 0 radical (unpaired) electrons.